The topological polar surface area (TPSA) is 101 Å². The molecule has 0 saturated carbocycles. The molecule has 0 bridgehead atoms. The SMILES string of the molecule is CCCN(C(=O)c1cc(-c2ccco2)nc2onc(C)c12)[C@@H](C)C(=O)Nc1ccccc1. The summed E-state index contributed by atoms with van der Waals surface area (Å²) in [6.07, 6.45) is 2.23. The summed E-state index contributed by atoms with van der Waals surface area (Å²) in [5.74, 6) is -0.0578. The molecule has 3 aromatic heterocycles. The molecule has 4 rings (SSSR count). The van der Waals surface area contributed by atoms with Crippen molar-refractivity contribution in [3.63, 3.8) is 0 Å². The lowest BCUT2D eigenvalue weighted by Gasteiger charge is -2.28. The lowest BCUT2D eigenvalue weighted by molar-refractivity contribution is -0.120. The number of furan rings is 1. The third kappa shape index (κ3) is 4.12. The van der Waals surface area contributed by atoms with Crippen LogP contribution in [-0.2, 0) is 4.79 Å². The van der Waals surface area contributed by atoms with E-state index in [1.807, 2.05) is 25.1 Å². The molecule has 0 spiro atoms. The lowest BCUT2D eigenvalue weighted by atomic mass is 10.1. The first-order chi connectivity index (χ1) is 15.5. The van der Waals surface area contributed by atoms with Gasteiger partial charge in [-0.05, 0) is 50.6 Å². The van der Waals surface area contributed by atoms with Crippen LogP contribution in [0.1, 0.15) is 36.3 Å². The average molecular weight is 432 g/mol. The summed E-state index contributed by atoms with van der Waals surface area (Å²) >= 11 is 0. The largest absolute Gasteiger partial charge is 0.463 e. The Kier molecular flexibility index (Phi) is 6.02. The van der Waals surface area contributed by atoms with Gasteiger partial charge in [-0.15, -0.1) is 0 Å². The zero-order valence-electron chi connectivity index (χ0n) is 18.2. The molecule has 3 heterocycles. The first-order valence-corrected chi connectivity index (χ1v) is 10.5. The van der Waals surface area contributed by atoms with Gasteiger partial charge in [0.2, 0.25) is 5.91 Å². The van der Waals surface area contributed by atoms with Crippen molar-refractivity contribution in [2.24, 2.45) is 0 Å². The second-order valence-corrected chi connectivity index (χ2v) is 7.51. The molecule has 0 aliphatic heterocycles. The van der Waals surface area contributed by atoms with E-state index in [1.54, 1.807) is 49.1 Å². The molecule has 0 fully saturated rings. The molecular formula is C24H24N4O4. The number of nitrogens with one attached hydrogen (secondary N) is 1. The normalized spacial score (nSPS) is 12.0. The Hall–Kier alpha value is -3.94. The number of hydrogen-bond acceptors (Lipinski definition) is 6. The van der Waals surface area contributed by atoms with Crippen LogP contribution < -0.4 is 5.32 Å². The molecule has 0 saturated heterocycles. The maximum absolute atomic E-state index is 13.7. The molecule has 4 aromatic rings. The van der Waals surface area contributed by atoms with Crippen molar-refractivity contribution in [1.29, 1.82) is 0 Å². The summed E-state index contributed by atoms with van der Waals surface area (Å²) in [5.41, 5.74) is 2.31. The van der Waals surface area contributed by atoms with Gasteiger partial charge < -0.3 is 19.2 Å². The predicted molar refractivity (Wildman–Crippen MR) is 120 cm³/mol. The number of aromatic nitrogens is 2. The second kappa shape index (κ2) is 9.05. The van der Waals surface area contributed by atoms with Crippen molar-refractivity contribution >= 4 is 28.6 Å². The molecular weight excluding hydrogens is 408 g/mol. The minimum absolute atomic E-state index is 0.248. The van der Waals surface area contributed by atoms with Crippen LogP contribution in [-0.4, -0.2) is 39.4 Å². The van der Waals surface area contributed by atoms with Crippen molar-refractivity contribution in [2.45, 2.75) is 33.2 Å². The summed E-state index contributed by atoms with van der Waals surface area (Å²) < 4.78 is 10.8. The highest BCUT2D eigenvalue weighted by Gasteiger charge is 2.29. The fraction of sp³-hybridized carbons (Fsp3) is 0.250. The van der Waals surface area contributed by atoms with Gasteiger partial charge in [0.1, 0.15) is 11.7 Å². The Bertz CT molecular complexity index is 1230. The summed E-state index contributed by atoms with van der Waals surface area (Å²) in [7, 11) is 0. The van der Waals surface area contributed by atoms with Crippen LogP contribution in [0.5, 0.6) is 0 Å². The molecule has 1 atom stereocenters. The van der Waals surface area contributed by atoms with Gasteiger partial charge in [0, 0.05) is 12.2 Å². The molecule has 0 unspecified atom stereocenters. The number of fused-ring (bicyclic) bond motifs is 1. The zero-order chi connectivity index (χ0) is 22.7. The van der Waals surface area contributed by atoms with Crippen LogP contribution in [0.25, 0.3) is 22.6 Å². The fourth-order valence-corrected chi connectivity index (χ4v) is 3.59. The molecule has 8 nitrogen and oxygen atoms in total. The Labute approximate surface area is 185 Å². The highest BCUT2D eigenvalue weighted by atomic mass is 16.5. The molecule has 1 aromatic carbocycles. The van der Waals surface area contributed by atoms with Crippen LogP contribution in [0.2, 0.25) is 0 Å². The van der Waals surface area contributed by atoms with Gasteiger partial charge in [-0.3, -0.25) is 9.59 Å². The van der Waals surface area contributed by atoms with E-state index in [0.29, 0.717) is 46.8 Å². The number of anilines is 1. The summed E-state index contributed by atoms with van der Waals surface area (Å²) in [6, 6.07) is 13.6. The number of pyridine rings is 1. The number of benzene rings is 1. The minimum atomic E-state index is -0.696. The number of carbonyl (C=O) groups excluding carboxylic acids is 2. The highest BCUT2D eigenvalue weighted by molar-refractivity contribution is 6.08. The number of hydrogen-bond donors (Lipinski definition) is 1. The molecule has 0 aliphatic rings. The molecule has 2 amide bonds. The van der Waals surface area contributed by atoms with E-state index in [0.717, 1.165) is 0 Å². The van der Waals surface area contributed by atoms with Crippen LogP contribution >= 0.6 is 0 Å². The van der Waals surface area contributed by atoms with Crippen molar-refractivity contribution in [1.82, 2.24) is 15.0 Å². The third-order valence-electron chi connectivity index (χ3n) is 5.23. The summed E-state index contributed by atoms with van der Waals surface area (Å²) in [6.45, 7) is 5.85. The third-order valence-corrected chi connectivity index (χ3v) is 5.23. The van der Waals surface area contributed by atoms with Crippen molar-refractivity contribution < 1.29 is 18.5 Å². The molecule has 0 aliphatic carbocycles. The van der Waals surface area contributed by atoms with E-state index in [1.165, 1.54) is 6.26 Å². The van der Waals surface area contributed by atoms with Crippen LogP contribution in [0.4, 0.5) is 5.69 Å². The van der Waals surface area contributed by atoms with Gasteiger partial charge in [-0.1, -0.05) is 30.3 Å². The number of rotatable bonds is 7. The average Bonchev–Trinajstić information content (AvgIpc) is 3.47. The number of amides is 2. The molecule has 8 heteroatoms. The number of para-hydroxylation sites is 1. The maximum Gasteiger partial charge on any atom is 0.259 e. The van der Waals surface area contributed by atoms with E-state index in [9.17, 15) is 9.59 Å². The summed E-state index contributed by atoms with van der Waals surface area (Å²) in [4.78, 5) is 32.7. The molecule has 32 heavy (non-hydrogen) atoms. The first kappa shape index (κ1) is 21.3. The standard InChI is InChI=1S/C24H24N4O4/c1-4-12-28(16(3)22(29)25-17-9-6-5-7-10-17)24(30)18-14-19(20-11-8-13-31-20)26-23-21(18)15(2)27-32-23/h5-11,13-14,16H,4,12H2,1-3H3,(H,25,29)/t16-/m0/s1. The maximum atomic E-state index is 13.7. The van der Waals surface area contributed by atoms with Crippen LogP contribution in [0.3, 0.4) is 0 Å². The predicted octanol–water partition coefficient (Wildman–Crippen LogP) is 4.67. The Morgan fingerprint density at radius 2 is 1.94 bits per heavy atom. The van der Waals surface area contributed by atoms with E-state index in [-0.39, 0.29) is 17.5 Å². The Morgan fingerprint density at radius 3 is 2.62 bits per heavy atom. The minimum Gasteiger partial charge on any atom is -0.463 e. The monoisotopic (exact) mass is 432 g/mol. The van der Waals surface area contributed by atoms with Crippen LogP contribution in [0, 0.1) is 6.92 Å². The van der Waals surface area contributed by atoms with E-state index in [4.69, 9.17) is 8.94 Å². The number of carbonyl (C=O) groups is 2. The Balaban J connectivity index is 1.71. The number of aryl methyl sites for hydroxylation is 1. The molecule has 164 valence electrons. The summed E-state index contributed by atoms with van der Waals surface area (Å²) in [5, 5.41) is 7.39. The van der Waals surface area contributed by atoms with Crippen molar-refractivity contribution in [3.8, 4) is 11.5 Å². The van der Waals surface area contributed by atoms with Gasteiger partial charge in [-0.25, -0.2) is 4.98 Å². The molecule has 1 N–H and O–H groups in total. The van der Waals surface area contributed by atoms with Crippen molar-refractivity contribution in [2.75, 3.05) is 11.9 Å². The Morgan fingerprint density at radius 1 is 1.16 bits per heavy atom. The smallest absolute Gasteiger partial charge is 0.259 e. The van der Waals surface area contributed by atoms with E-state index in [2.05, 4.69) is 15.5 Å². The quantitative estimate of drug-likeness (QED) is 0.455. The second-order valence-electron chi connectivity index (χ2n) is 7.51. The first-order valence-electron chi connectivity index (χ1n) is 10.5. The van der Waals surface area contributed by atoms with Crippen LogP contribution in [0.15, 0.2) is 63.7 Å². The van der Waals surface area contributed by atoms with Gasteiger partial charge in [0.15, 0.2) is 5.76 Å². The lowest BCUT2D eigenvalue weighted by Crippen LogP contribution is -2.46. The van der Waals surface area contributed by atoms with E-state index < -0.39 is 6.04 Å². The molecule has 0 radical (unpaired) electrons. The van der Waals surface area contributed by atoms with E-state index >= 15 is 0 Å². The fourth-order valence-electron chi connectivity index (χ4n) is 3.59. The highest BCUT2D eigenvalue weighted by Crippen LogP contribution is 2.28. The van der Waals surface area contributed by atoms with Gasteiger partial charge >= 0.3 is 0 Å². The van der Waals surface area contributed by atoms with Gasteiger partial charge in [-0.2, -0.15) is 0 Å². The van der Waals surface area contributed by atoms with Gasteiger partial charge in [0.05, 0.1) is 22.9 Å². The van der Waals surface area contributed by atoms with Gasteiger partial charge in [0.25, 0.3) is 11.6 Å². The zero-order valence-corrected chi connectivity index (χ0v) is 18.2. The van der Waals surface area contributed by atoms with Crippen molar-refractivity contribution in [3.05, 3.63) is 66.1 Å². The number of nitrogens with zero attached hydrogens (tertiary/aromatic N) is 3.